The second-order valence-corrected chi connectivity index (χ2v) is 8.87. The summed E-state index contributed by atoms with van der Waals surface area (Å²) in [5, 5.41) is 10.6. The number of aliphatic imine (C=N–C) groups is 1. The maximum absolute atomic E-state index is 13.0. The molecule has 4 rings (SSSR count). The summed E-state index contributed by atoms with van der Waals surface area (Å²) in [6.07, 6.45) is 3.17. The number of hydrogen-bond acceptors (Lipinski definition) is 6. The number of ether oxygens (including phenoxy) is 1. The highest BCUT2D eigenvalue weighted by molar-refractivity contribution is 6.25. The molecule has 37 heavy (non-hydrogen) atoms. The summed E-state index contributed by atoms with van der Waals surface area (Å²) in [5.41, 5.74) is 7.05. The zero-order valence-corrected chi connectivity index (χ0v) is 21.8. The number of carbonyl (C=O) groups is 2. The van der Waals surface area contributed by atoms with E-state index in [4.69, 9.17) is 4.74 Å². The van der Waals surface area contributed by atoms with E-state index in [9.17, 15) is 9.59 Å². The van der Waals surface area contributed by atoms with Gasteiger partial charge in [0.25, 0.3) is 0 Å². The topological polar surface area (TPSA) is 97.6 Å². The van der Waals surface area contributed by atoms with Gasteiger partial charge in [0.2, 0.25) is 5.91 Å². The highest BCUT2D eigenvalue weighted by Gasteiger charge is 2.25. The fourth-order valence-electron chi connectivity index (χ4n) is 4.13. The third kappa shape index (κ3) is 5.86. The lowest BCUT2D eigenvalue weighted by atomic mass is 10.1. The van der Waals surface area contributed by atoms with Gasteiger partial charge in [-0.3, -0.25) is 9.48 Å². The summed E-state index contributed by atoms with van der Waals surface area (Å²) in [5.74, 6) is -0.850. The van der Waals surface area contributed by atoms with Crippen molar-refractivity contribution in [3.63, 3.8) is 0 Å². The van der Waals surface area contributed by atoms with Gasteiger partial charge in [0.15, 0.2) is 0 Å². The maximum Gasteiger partial charge on any atom is 0.343 e. The number of carbonyl (C=O) groups excluding carboxylic acids is 2. The minimum absolute atomic E-state index is 0.131. The summed E-state index contributed by atoms with van der Waals surface area (Å²) in [6.45, 7) is 10.3. The van der Waals surface area contributed by atoms with Crippen LogP contribution in [-0.2, 0) is 20.9 Å². The third-order valence-corrected chi connectivity index (χ3v) is 6.08. The van der Waals surface area contributed by atoms with E-state index in [-0.39, 0.29) is 18.0 Å². The average Bonchev–Trinajstić information content (AvgIpc) is 3.03. The Morgan fingerprint density at radius 1 is 1.05 bits per heavy atom. The van der Waals surface area contributed by atoms with Crippen LogP contribution in [0.4, 0.5) is 11.4 Å². The molecule has 8 heteroatoms. The van der Waals surface area contributed by atoms with Gasteiger partial charge in [0, 0.05) is 23.0 Å². The van der Waals surface area contributed by atoms with Crippen molar-refractivity contribution in [1.29, 1.82) is 0 Å². The van der Waals surface area contributed by atoms with Crippen LogP contribution >= 0.6 is 0 Å². The Balaban J connectivity index is 1.58. The maximum atomic E-state index is 13.0. The number of amidine groups is 1. The van der Waals surface area contributed by atoms with Crippen molar-refractivity contribution in [3.05, 3.63) is 94.0 Å². The van der Waals surface area contributed by atoms with Crippen molar-refractivity contribution < 1.29 is 14.3 Å². The number of para-hydroxylation sites is 2. The summed E-state index contributed by atoms with van der Waals surface area (Å²) < 4.78 is 7.17. The fraction of sp³-hybridized carbons (Fsp3) is 0.241. The van der Waals surface area contributed by atoms with E-state index in [0.717, 1.165) is 28.2 Å². The molecule has 0 bridgehead atoms. The lowest BCUT2D eigenvalue weighted by molar-refractivity contribution is -0.137. The molecule has 0 fully saturated rings. The van der Waals surface area contributed by atoms with Gasteiger partial charge >= 0.3 is 5.97 Å². The molecule has 2 aromatic carbocycles. The van der Waals surface area contributed by atoms with Gasteiger partial charge < -0.3 is 15.4 Å². The largest absolute Gasteiger partial charge is 0.462 e. The molecule has 0 spiro atoms. The van der Waals surface area contributed by atoms with Gasteiger partial charge in [-0.25, -0.2) is 9.79 Å². The van der Waals surface area contributed by atoms with Gasteiger partial charge in [0.05, 0.1) is 30.2 Å². The molecular weight excluding hydrogens is 466 g/mol. The number of fused-ring (bicyclic) bond motifs is 1. The van der Waals surface area contributed by atoms with E-state index in [1.165, 1.54) is 11.6 Å². The highest BCUT2D eigenvalue weighted by Crippen LogP contribution is 2.30. The Morgan fingerprint density at radius 3 is 2.51 bits per heavy atom. The van der Waals surface area contributed by atoms with Crippen LogP contribution in [-0.4, -0.2) is 34.1 Å². The SMILES string of the molecule is CCOC(=O)C1=C(C)Nc2ccccc2N=C1NC(=O)C=Cc1c(C)nn(Cc2ccc(C)cc2)c1C. The monoisotopic (exact) mass is 497 g/mol. The second kappa shape index (κ2) is 11.1. The van der Waals surface area contributed by atoms with Gasteiger partial charge in [-0.1, -0.05) is 42.0 Å². The summed E-state index contributed by atoms with van der Waals surface area (Å²) in [4.78, 5) is 30.3. The molecule has 190 valence electrons. The molecule has 2 heterocycles. The standard InChI is InChI=1S/C29H31N5O3/c1-6-37-29(36)27-20(4)30-24-9-7-8-10-25(24)31-28(27)32-26(35)16-15-23-19(3)33-34(21(23)5)17-22-13-11-18(2)12-14-22/h7-16,30H,6,17H2,1-5H3,(H,31,32,35). The van der Waals surface area contributed by atoms with Crippen molar-refractivity contribution in [2.45, 2.75) is 41.2 Å². The number of rotatable bonds is 6. The lowest BCUT2D eigenvalue weighted by Gasteiger charge is -2.12. The Hall–Kier alpha value is -4.46. The predicted octanol–water partition coefficient (Wildman–Crippen LogP) is 4.98. The molecule has 3 aromatic rings. The Labute approximate surface area is 216 Å². The van der Waals surface area contributed by atoms with Crippen molar-refractivity contribution in [1.82, 2.24) is 15.1 Å². The first-order valence-electron chi connectivity index (χ1n) is 12.2. The molecule has 0 atom stereocenters. The van der Waals surface area contributed by atoms with Crippen LogP contribution in [0.25, 0.3) is 6.08 Å². The van der Waals surface area contributed by atoms with E-state index in [2.05, 4.69) is 51.9 Å². The zero-order valence-electron chi connectivity index (χ0n) is 21.8. The van der Waals surface area contributed by atoms with Crippen LogP contribution < -0.4 is 10.6 Å². The summed E-state index contributed by atoms with van der Waals surface area (Å²) in [7, 11) is 0. The molecule has 1 aliphatic heterocycles. The number of hydrogen-bond donors (Lipinski definition) is 2. The quantitative estimate of drug-likeness (QED) is 0.370. The van der Waals surface area contributed by atoms with E-state index in [1.54, 1.807) is 26.0 Å². The molecule has 2 N–H and O–H groups in total. The Kier molecular flexibility index (Phi) is 7.67. The number of nitrogens with zero attached hydrogens (tertiary/aromatic N) is 3. The van der Waals surface area contributed by atoms with Crippen molar-refractivity contribution >= 4 is 35.2 Å². The van der Waals surface area contributed by atoms with Crippen molar-refractivity contribution in [3.8, 4) is 0 Å². The number of amides is 1. The third-order valence-electron chi connectivity index (χ3n) is 6.08. The van der Waals surface area contributed by atoms with E-state index >= 15 is 0 Å². The average molecular weight is 498 g/mol. The molecule has 1 aliphatic rings. The van der Waals surface area contributed by atoms with Crippen LogP contribution in [0.15, 0.2) is 70.9 Å². The molecule has 0 aliphatic carbocycles. The molecule has 1 amide bonds. The van der Waals surface area contributed by atoms with Crippen LogP contribution in [0.5, 0.6) is 0 Å². The zero-order chi connectivity index (χ0) is 26.5. The number of aromatic nitrogens is 2. The van der Waals surface area contributed by atoms with E-state index in [1.807, 2.05) is 36.7 Å². The molecule has 0 unspecified atom stereocenters. The number of aryl methyl sites for hydroxylation is 2. The van der Waals surface area contributed by atoms with E-state index in [0.29, 0.717) is 17.9 Å². The van der Waals surface area contributed by atoms with E-state index < -0.39 is 11.9 Å². The molecule has 8 nitrogen and oxygen atoms in total. The molecule has 0 saturated heterocycles. The fourth-order valence-corrected chi connectivity index (χ4v) is 4.13. The van der Waals surface area contributed by atoms with Gasteiger partial charge in [-0.2, -0.15) is 5.10 Å². The molecular formula is C29H31N5O3. The minimum atomic E-state index is -0.563. The first-order chi connectivity index (χ1) is 17.8. The first kappa shape index (κ1) is 25.6. The number of nitrogens with one attached hydrogen (secondary N) is 2. The van der Waals surface area contributed by atoms with Crippen molar-refractivity contribution in [2.24, 2.45) is 4.99 Å². The molecule has 1 aromatic heterocycles. The van der Waals surface area contributed by atoms with Crippen LogP contribution in [0.2, 0.25) is 0 Å². The molecule has 0 saturated carbocycles. The lowest BCUT2D eigenvalue weighted by Crippen LogP contribution is -2.34. The number of benzene rings is 2. The van der Waals surface area contributed by atoms with Gasteiger partial charge in [-0.05, 0) is 58.4 Å². The first-order valence-corrected chi connectivity index (χ1v) is 12.2. The van der Waals surface area contributed by atoms with Gasteiger partial charge in [-0.15, -0.1) is 0 Å². The number of esters is 1. The molecule has 0 radical (unpaired) electrons. The van der Waals surface area contributed by atoms with Crippen molar-refractivity contribution in [2.75, 3.05) is 11.9 Å². The normalized spacial score (nSPS) is 13.1. The second-order valence-electron chi connectivity index (χ2n) is 8.87. The summed E-state index contributed by atoms with van der Waals surface area (Å²) >= 11 is 0. The number of allylic oxidation sites excluding steroid dienone is 1. The van der Waals surface area contributed by atoms with Crippen LogP contribution in [0, 0.1) is 20.8 Å². The van der Waals surface area contributed by atoms with Crippen LogP contribution in [0.1, 0.15) is 41.9 Å². The Morgan fingerprint density at radius 2 is 1.78 bits per heavy atom. The smallest absolute Gasteiger partial charge is 0.343 e. The highest BCUT2D eigenvalue weighted by atomic mass is 16.5. The minimum Gasteiger partial charge on any atom is -0.462 e. The Bertz CT molecular complexity index is 1430. The van der Waals surface area contributed by atoms with Gasteiger partial charge in [0.1, 0.15) is 11.4 Å². The summed E-state index contributed by atoms with van der Waals surface area (Å²) in [6, 6.07) is 15.7. The predicted molar refractivity (Wildman–Crippen MR) is 146 cm³/mol. The van der Waals surface area contributed by atoms with Crippen LogP contribution in [0.3, 0.4) is 0 Å². The number of anilines is 1.